The molecule has 6 heteroatoms. The molecule has 0 heterocycles. The summed E-state index contributed by atoms with van der Waals surface area (Å²) in [5, 5.41) is 2.54. The molecular formula is C14H10F5N. The first-order valence-corrected chi connectivity index (χ1v) is 5.73. The summed E-state index contributed by atoms with van der Waals surface area (Å²) in [5.74, 6) is -4.20. The monoisotopic (exact) mass is 287 g/mol. The number of benzene rings is 2. The average molecular weight is 287 g/mol. The van der Waals surface area contributed by atoms with Gasteiger partial charge >= 0.3 is 0 Å². The number of hydrogen-bond acceptors (Lipinski definition) is 1. The van der Waals surface area contributed by atoms with Crippen LogP contribution < -0.4 is 5.32 Å². The Hall–Kier alpha value is -2.11. The number of hydrogen-bond donors (Lipinski definition) is 1. The molecule has 1 N–H and O–H groups in total. The largest absolute Gasteiger partial charge is 0.379 e. The van der Waals surface area contributed by atoms with Gasteiger partial charge in [0.25, 0.3) is 6.43 Å². The highest BCUT2D eigenvalue weighted by Crippen LogP contribution is 2.22. The molecule has 0 fully saturated rings. The minimum atomic E-state index is -2.60. The minimum Gasteiger partial charge on any atom is -0.379 e. The predicted octanol–water partition coefficient (Wildman–Crippen LogP) is 4.65. The maximum Gasteiger partial charge on any atom is 0.263 e. The molecule has 0 bridgehead atoms. The third kappa shape index (κ3) is 3.07. The minimum absolute atomic E-state index is 0.0164. The zero-order chi connectivity index (χ0) is 14.7. The maximum atomic E-state index is 13.4. The van der Waals surface area contributed by atoms with Gasteiger partial charge in [0.2, 0.25) is 0 Å². The maximum absolute atomic E-state index is 13.4. The second-order valence-electron chi connectivity index (χ2n) is 4.12. The molecule has 2 aromatic carbocycles. The molecule has 2 rings (SSSR count). The van der Waals surface area contributed by atoms with Gasteiger partial charge in [0, 0.05) is 12.1 Å². The number of halogens is 5. The molecule has 0 saturated carbocycles. The topological polar surface area (TPSA) is 12.0 Å². The molecule has 2 aromatic rings. The van der Waals surface area contributed by atoms with Gasteiger partial charge in [-0.1, -0.05) is 18.2 Å². The van der Waals surface area contributed by atoms with E-state index in [1.165, 1.54) is 18.2 Å². The van der Waals surface area contributed by atoms with Gasteiger partial charge in [0.05, 0.1) is 5.69 Å². The van der Waals surface area contributed by atoms with E-state index in [-0.39, 0.29) is 17.8 Å². The van der Waals surface area contributed by atoms with Crippen LogP contribution in [0.15, 0.2) is 36.4 Å². The average Bonchev–Trinajstić information content (AvgIpc) is 2.44. The summed E-state index contributed by atoms with van der Waals surface area (Å²) in [4.78, 5) is 0. The third-order valence-electron chi connectivity index (χ3n) is 2.72. The van der Waals surface area contributed by atoms with Crippen molar-refractivity contribution in [2.24, 2.45) is 0 Å². The van der Waals surface area contributed by atoms with E-state index < -0.39 is 23.9 Å². The Labute approximate surface area is 112 Å². The Morgan fingerprint density at radius 1 is 0.950 bits per heavy atom. The summed E-state index contributed by atoms with van der Waals surface area (Å²) in [6.45, 7) is 0.0164. The van der Waals surface area contributed by atoms with Crippen LogP contribution in [0.4, 0.5) is 27.6 Å². The lowest BCUT2D eigenvalue weighted by Gasteiger charge is -2.09. The SMILES string of the molecule is Fc1ccc(NCc2cccc(C(F)F)c2)c(F)c1F. The number of nitrogens with one attached hydrogen (secondary N) is 1. The fraction of sp³-hybridized carbons (Fsp3) is 0.143. The predicted molar refractivity (Wildman–Crippen MR) is 65.0 cm³/mol. The zero-order valence-corrected chi connectivity index (χ0v) is 10.1. The standard InChI is InChI=1S/C14H10F5N/c15-10-4-5-11(13(17)12(10)16)20-7-8-2-1-3-9(6-8)14(18)19/h1-6,14,20H,7H2. The number of alkyl halides is 2. The fourth-order valence-electron chi connectivity index (χ4n) is 1.70. The van der Waals surface area contributed by atoms with Crippen LogP contribution in [0.2, 0.25) is 0 Å². The van der Waals surface area contributed by atoms with E-state index in [9.17, 15) is 22.0 Å². The molecule has 0 spiro atoms. The van der Waals surface area contributed by atoms with Crippen molar-refractivity contribution in [2.45, 2.75) is 13.0 Å². The van der Waals surface area contributed by atoms with Gasteiger partial charge in [0.15, 0.2) is 17.5 Å². The van der Waals surface area contributed by atoms with Crippen molar-refractivity contribution in [1.82, 2.24) is 0 Å². The molecule has 0 saturated heterocycles. The molecule has 0 amide bonds. The van der Waals surface area contributed by atoms with E-state index in [4.69, 9.17) is 0 Å². The van der Waals surface area contributed by atoms with E-state index in [1.54, 1.807) is 6.07 Å². The molecule has 0 atom stereocenters. The van der Waals surface area contributed by atoms with E-state index in [0.29, 0.717) is 5.56 Å². The van der Waals surface area contributed by atoms with Crippen LogP contribution in [0.5, 0.6) is 0 Å². The quantitative estimate of drug-likeness (QED) is 0.637. The smallest absolute Gasteiger partial charge is 0.263 e. The second kappa shape index (κ2) is 5.90. The molecule has 0 unspecified atom stereocenters. The highest BCUT2D eigenvalue weighted by molar-refractivity contribution is 5.46. The van der Waals surface area contributed by atoms with Crippen molar-refractivity contribution in [3.8, 4) is 0 Å². The van der Waals surface area contributed by atoms with Crippen LogP contribution in [0.25, 0.3) is 0 Å². The van der Waals surface area contributed by atoms with Crippen molar-refractivity contribution in [1.29, 1.82) is 0 Å². The lowest BCUT2D eigenvalue weighted by Crippen LogP contribution is -2.04. The fourth-order valence-corrected chi connectivity index (χ4v) is 1.70. The van der Waals surface area contributed by atoms with Gasteiger partial charge in [-0.05, 0) is 23.8 Å². The third-order valence-corrected chi connectivity index (χ3v) is 2.72. The summed E-state index contributed by atoms with van der Waals surface area (Å²) < 4.78 is 64.1. The van der Waals surface area contributed by atoms with Gasteiger partial charge in [-0.15, -0.1) is 0 Å². The van der Waals surface area contributed by atoms with Crippen LogP contribution in [0, 0.1) is 17.5 Å². The van der Waals surface area contributed by atoms with Crippen LogP contribution in [0.3, 0.4) is 0 Å². The Balaban J connectivity index is 2.13. The Morgan fingerprint density at radius 3 is 2.40 bits per heavy atom. The summed E-state index contributed by atoms with van der Waals surface area (Å²) in [7, 11) is 0. The van der Waals surface area contributed by atoms with E-state index in [1.807, 2.05) is 0 Å². The van der Waals surface area contributed by atoms with E-state index >= 15 is 0 Å². The first-order chi connectivity index (χ1) is 9.49. The Kier molecular flexibility index (Phi) is 4.22. The van der Waals surface area contributed by atoms with Crippen LogP contribution in [0.1, 0.15) is 17.6 Å². The number of anilines is 1. The van der Waals surface area contributed by atoms with Gasteiger partial charge < -0.3 is 5.32 Å². The summed E-state index contributed by atoms with van der Waals surface area (Å²) in [5.41, 5.74) is 0.0911. The Bertz CT molecular complexity index is 613. The van der Waals surface area contributed by atoms with Crippen molar-refractivity contribution >= 4 is 5.69 Å². The molecule has 0 radical (unpaired) electrons. The highest BCUT2D eigenvalue weighted by Gasteiger charge is 2.13. The van der Waals surface area contributed by atoms with Crippen molar-refractivity contribution < 1.29 is 22.0 Å². The molecule has 106 valence electrons. The first-order valence-electron chi connectivity index (χ1n) is 5.73. The van der Waals surface area contributed by atoms with Crippen molar-refractivity contribution in [3.05, 3.63) is 65.0 Å². The Morgan fingerprint density at radius 2 is 1.70 bits per heavy atom. The molecule has 0 aliphatic rings. The molecule has 0 aliphatic carbocycles. The zero-order valence-electron chi connectivity index (χ0n) is 10.1. The van der Waals surface area contributed by atoms with Gasteiger partial charge in [-0.25, -0.2) is 22.0 Å². The molecule has 0 aromatic heterocycles. The van der Waals surface area contributed by atoms with Crippen LogP contribution >= 0.6 is 0 Å². The number of rotatable bonds is 4. The van der Waals surface area contributed by atoms with E-state index in [0.717, 1.165) is 12.1 Å². The molecule has 20 heavy (non-hydrogen) atoms. The molecule has 0 aliphatic heterocycles. The van der Waals surface area contributed by atoms with Crippen molar-refractivity contribution in [2.75, 3.05) is 5.32 Å². The van der Waals surface area contributed by atoms with Gasteiger partial charge in [-0.2, -0.15) is 0 Å². The normalized spacial score (nSPS) is 10.9. The summed E-state index contributed by atoms with van der Waals surface area (Å²) >= 11 is 0. The lowest BCUT2D eigenvalue weighted by molar-refractivity contribution is 0.151. The van der Waals surface area contributed by atoms with Crippen molar-refractivity contribution in [3.63, 3.8) is 0 Å². The van der Waals surface area contributed by atoms with Crippen LogP contribution in [-0.4, -0.2) is 0 Å². The molecular weight excluding hydrogens is 277 g/mol. The van der Waals surface area contributed by atoms with Gasteiger partial charge in [-0.3, -0.25) is 0 Å². The summed E-state index contributed by atoms with van der Waals surface area (Å²) in [6, 6.07) is 7.37. The van der Waals surface area contributed by atoms with Crippen LogP contribution in [-0.2, 0) is 6.54 Å². The summed E-state index contributed by atoms with van der Waals surface area (Å²) in [6.07, 6.45) is -2.60. The highest BCUT2D eigenvalue weighted by atomic mass is 19.3. The van der Waals surface area contributed by atoms with Gasteiger partial charge in [0.1, 0.15) is 0 Å². The first kappa shape index (κ1) is 14.3. The molecule has 1 nitrogen and oxygen atoms in total. The second-order valence-corrected chi connectivity index (χ2v) is 4.12. The lowest BCUT2D eigenvalue weighted by atomic mass is 10.1. The van der Waals surface area contributed by atoms with E-state index in [2.05, 4.69) is 5.32 Å².